The number of benzene rings is 1. The lowest BCUT2D eigenvalue weighted by Crippen LogP contribution is -2.15. The topological polar surface area (TPSA) is 73.5 Å². The second-order valence-corrected chi connectivity index (χ2v) is 3.18. The molecule has 0 fully saturated rings. The van der Waals surface area contributed by atoms with Crippen LogP contribution < -0.4 is 4.74 Å². The third-order valence-electron chi connectivity index (χ3n) is 2.08. The van der Waals surface area contributed by atoms with Crippen LogP contribution in [0.15, 0.2) is 18.2 Å². The molecule has 0 saturated carbocycles. The second-order valence-electron chi connectivity index (χ2n) is 3.18. The van der Waals surface area contributed by atoms with Crippen LogP contribution in [0.4, 0.5) is 0 Å². The van der Waals surface area contributed by atoms with Crippen molar-refractivity contribution in [3.8, 4) is 11.8 Å². The predicted octanol–water partition coefficient (Wildman–Crippen LogP) is 0.463. The first-order valence-electron chi connectivity index (χ1n) is 4.57. The molecule has 0 heterocycles. The molecule has 1 aromatic carbocycles. The van der Waals surface area contributed by atoms with Crippen molar-refractivity contribution in [1.82, 2.24) is 0 Å². The summed E-state index contributed by atoms with van der Waals surface area (Å²) in [6.07, 6.45) is -0.488. The Morgan fingerprint density at radius 1 is 1.53 bits per heavy atom. The van der Waals surface area contributed by atoms with Crippen molar-refractivity contribution in [2.75, 3.05) is 13.7 Å². The molecule has 0 radical (unpaired) electrons. The van der Waals surface area contributed by atoms with Gasteiger partial charge in [0.15, 0.2) is 0 Å². The molecule has 0 aromatic heterocycles. The first kappa shape index (κ1) is 11.5. The zero-order valence-electron chi connectivity index (χ0n) is 8.47. The fourth-order valence-electron chi connectivity index (χ4n) is 1.30. The largest absolute Gasteiger partial charge is 0.496 e. The van der Waals surface area contributed by atoms with Crippen molar-refractivity contribution >= 4 is 0 Å². The van der Waals surface area contributed by atoms with Crippen molar-refractivity contribution in [1.29, 1.82) is 5.26 Å². The normalized spacial score (nSPS) is 11.9. The third-order valence-corrected chi connectivity index (χ3v) is 2.08. The van der Waals surface area contributed by atoms with Crippen molar-refractivity contribution in [3.05, 3.63) is 29.3 Å². The van der Waals surface area contributed by atoms with Gasteiger partial charge in [0.2, 0.25) is 0 Å². The van der Waals surface area contributed by atoms with Crippen molar-refractivity contribution < 1.29 is 14.9 Å². The molecular formula is C11H13NO3. The number of aliphatic hydroxyl groups is 2. The molecule has 1 rings (SSSR count). The Labute approximate surface area is 88.4 Å². The molecular weight excluding hydrogens is 194 g/mol. The molecule has 1 aromatic rings. The van der Waals surface area contributed by atoms with Crippen LogP contribution in [-0.4, -0.2) is 30.0 Å². The molecule has 0 aliphatic carbocycles. The Morgan fingerprint density at radius 2 is 2.27 bits per heavy atom. The van der Waals surface area contributed by atoms with Gasteiger partial charge in [-0.25, -0.2) is 0 Å². The van der Waals surface area contributed by atoms with Gasteiger partial charge in [-0.3, -0.25) is 0 Å². The average Bonchev–Trinajstić information content (AvgIpc) is 2.29. The van der Waals surface area contributed by atoms with Gasteiger partial charge in [0.25, 0.3) is 0 Å². The van der Waals surface area contributed by atoms with Crippen LogP contribution in [0.1, 0.15) is 11.1 Å². The molecule has 0 saturated heterocycles. The predicted molar refractivity (Wildman–Crippen MR) is 54.5 cm³/mol. The van der Waals surface area contributed by atoms with E-state index in [9.17, 15) is 5.11 Å². The highest BCUT2D eigenvalue weighted by Gasteiger charge is 2.09. The fourth-order valence-corrected chi connectivity index (χ4v) is 1.30. The lowest BCUT2D eigenvalue weighted by atomic mass is 10.1. The summed E-state index contributed by atoms with van der Waals surface area (Å²) in [6, 6.07) is 6.99. The summed E-state index contributed by atoms with van der Waals surface area (Å²) >= 11 is 0. The summed E-state index contributed by atoms with van der Waals surface area (Å²) in [6.45, 7) is -0.289. The van der Waals surface area contributed by atoms with Gasteiger partial charge in [-0.15, -0.1) is 0 Å². The minimum atomic E-state index is -0.799. The second kappa shape index (κ2) is 5.35. The number of ether oxygens (including phenoxy) is 1. The quantitative estimate of drug-likeness (QED) is 0.752. The zero-order valence-corrected chi connectivity index (χ0v) is 8.47. The Morgan fingerprint density at radius 3 is 2.80 bits per heavy atom. The third kappa shape index (κ3) is 2.94. The molecule has 4 nitrogen and oxygen atoms in total. The highest BCUT2D eigenvalue weighted by atomic mass is 16.5. The summed E-state index contributed by atoms with van der Waals surface area (Å²) in [5.74, 6) is 0.557. The summed E-state index contributed by atoms with van der Waals surface area (Å²) in [7, 11) is 1.51. The van der Waals surface area contributed by atoms with E-state index in [2.05, 4.69) is 0 Å². The molecule has 4 heteroatoms. The molecule has 2 N–H and O–H groups in total. The van der Waals surface area contributed by atoms with E-state index in [1.165, 1.54) is 7.11 Å². The van der Waals surface area contributed by atoms with E-state index in [0.717, 1.165) is 5.56 Å². The fraction of sp³-hybridized carbons (Fsp3) is 0.364. The zero-order chi connectivity index (χ0) is 11.3. The van der Waals surface area contributed by atoms with Crippen LogP contribution in [0.3, 0.4) is 0 Å². The monoisotopic (exact) mass is 207 g/mol. The van der Waals surface area contributed by atoms with Crippen LogP contribution in [0.2, 0.25) is 0 Å². The van der Waals surface area contributed by atoms with E-state index in [1.54, 1.807) is 18.2 Å². The SMILES string of the molecule is COc1cc(C#N)ccc1CC(O)CO. The molecule has 1 unspecified atom stereocenters. The van der Waals surface area contributed by atoms with E-state index in [0.29, 0.717) is 17.7 Å². The van der Waals surface area contributed by atoms with E-state index in [-0.39, 0.29) is 6.61 Å². The number of nitriles is 1. The van der Waals surface area contributed by atoms with Crippen LogP contribution in [0.25, 0.3) is 0 Å². The summed E-state index contributed by atoms with van der Waals surface area (Å²) in [4.78, 5) is 0. The number of aliphatic hydroxyl groups excluding tert-OH is 2. The molecule has 15 heavy (non-hydrogen) atoms. The molecule has 1 atom stereocenters. The maximum atomic E-state index is 9.29. The average molecular weight is 207 g/mol. The van der Waals surface area contributed by atoms with Crippen LogP contribution >= 0.6 is 0 Å². The van der Waals surface area contributed by atoms with Crippen LogP contribution in [0.5, 0.6) is 5.75 Å². The van der Waals surface area contributed by atoms with Crippen molar-refractivity contribution in [2.45, 2.75) is 12.5 Å². The minimum Gasteiger partial charge on any atom is -0.496 e. The smallest absolute Gasteiger partial charge is 0.123 e. The van der Waals surface area contributed by atoms with Gasteiger partial charge >= 0.3 is 0 Å². The minimum absolute atomic E-state index is 0.289. The molecule has 0 aliphatic rings. The van der Waals surface area contributed by atoms with Crippen LogP contribution in [0, 0.1) is 11.3 Å². The van der Waals surface area contributed by atoms with Gasteiger partial charge < -0.3 is 14.9 Å². The number of nitrogens with zero attached hydrogens (tertiary/aromatic N) is 1. The molecule has 0 aliphatic heterocycles. The van der Waals surface area contributed by atoms with E-state index >= 15 is 0 Å². The Hall–Kier alpha value is -1.57. The van der Waals surface area contributed by atoms with Gasteiger partial charge in [-0.05, 0) is 17.7 Å². The summed E-state index contributed by atoms with van der Waals surface area (Å²) in [5.41, 5.74) is 1.28. The van der Waals surface area contributed by atoms with Gasteiger partial charge in [0.05, 0.1) is 31.5 Å². The van der Waals surface area contributed by atoms with E-state index < -0.39 is 6.10 Å². The van der Waals surface area contributed by atoms with Gasteiger partial charge in [0.1, 0.15) is 5.75 Å². The lowest BCUT2D eigenvalue weighted by Gasteiger charge is -2.11. The Balaban J connectivity index is 2.93. The van der Waals surface area contributed by atoms with Crippen LogP contribution in [-0.2, 0) is 6.42 Å². The number of rotatable bonds is 4. The first-order valence-corrected chi connectivity index (χ1v) is 4.57. The summed E-state index contributed by atoms with van der Waals surface area (Å²) < 4.78 is 5.09. The Kier molecular flexibility index (Phi) is 4.10. The molecule has 80 valence electrons. The maximum absolute atomic E-state index is 9.29. The van der Waals surface area contributed by atoms with Gasteiger partial charge in [-0.2, -0.15) is 5.26 Å². The lowest BCUT2D eigenvalue weighted by molar-refractivity contribution is 0.0950. The van der Waals surface area contributed by atoms with Gasteiger partial charge in [-0.1, -0.05) is 6.07 Å². The standard InChI is InChI=1S/C11H13NO3/c1-15-11-4-8(6-12)2-3-9(11)5-10(14)7-13/h2-4,10,13-14H,5,7H2,1H3. The van der Waals surface area contributed by atoms with E-state index in [4.69, 9.17) is 15.1 Å². The first-order chi connectivity index (χ1) is 7.21. The van der Waals surface area contributed by atoms with Crippen molar-refractivity contribution in [3.63, 3.8) is 0 Å². The number of hydrogen-bond acceptors (Lipinski definition) is 4. The molecule has 0 amide bonds. The summed E-state index contributed by atoms with van der Waals surface area (Å²) in [5, 5.41) is 26.7. The molecule has 0 spiro atoms. The van der Waals surface area contributed by atoms with E-state index in [1.807, 2.05) is 6.07 Å². The van der Waals surface area contributed by atoms with Gasteiger partial charge in [0, 0.05) is 6.42 Å². The number of hydrogen-bond donors (Lipinski definition) is 2. The number of methoxy groups -OCH3 is 1. The van der Waals surface area contributed by atoms with Crippen molar-refractivity contribution in [2.24, 2.45) is 0 Å². The maximum Gasteiger partial charge on any atom is 0.123 e. The Bertz CT molecular complexity index is 371. The highest BCUT2D eigenvalue weighted by molar-refractivity contribution is 5.42. The molecule has 0 bridgehead atoms. The highest BCUT2D eigenvalue weighted by Crippen LogP contribution is 2.21.